The van der Waals surface area contributed by atoms with Crippen molar-refractivity contribution in [3.05, 3.63) is 29.8 Å². The van der Waals surface area contributed by atoms with Crippen molar-refractivity contribution in [2.24, 2.45) is 17.8 Å². The SMILES string of the molecule is CCC1CC2CCCC(C2)C1NC(=O)[C@H]1CCCN1S(=O)(=O)c1cccc(C#N)c1. The van der Waals surface area contributed by atoms with E-state index in [1.54, 1.807) is 12.1 Å². The molecule has 5 atom stereocenters. The molecule has 1 heterocycles. The zero-order valence-corrected chi connectivity index (χ0v) is 18.4. The molecule has 30 heavy (non-hydrogen) atoms. The van der Waals surface area contributed by atoms with Crippen LogP contribution in [0.3, 0.4) is 0 Å². The molecule has 6 nitrogen and oxygen atoms in total. The van der Waals surface area contributed by atoms with Crippen molar-refractivity contribution >= 4 is 15.9 Å². The van der Waals surface area contributed by atoms with Gasteiger partial charge in [0, 0.05) is 12.6 Å². The molecule has 4 unspecified atom stereocenters. The molecular formula is C23H31N3O3S. The van der Waals surface area contributed by atoms with Crippen LogP contribution in [0.2, 0.25) is 0 Å². The van der Waals surface area contributed by atoms with Crippen LogP contribution in [0.25, 0.3) is 0 Å². The summed E-state index contributed by atoms with van der Waals surface area (Å²) in [5.41, 5.74) is 0.302. The van der Waals surface area contributed by atoms with Crippen LogP contribution >= 0.6 is 0 Å². The second kappa shape index (κ2) is 8.68. The predicted molar refractivity (Wildman–Crippen MR) is 114 cm³/mol. The van der Waals surface area contributed by atoms with Gasteiger partial charge in [0.15, 0.2) is 0 Å². The normalized spacial score (nSPS) is 31.8. The van der Waals surface area contributed by atoms with Gasteiger partial charge in [-0.25, -0.2) is 8.42 Å². The maximum Gasteiger partial charge on any atom is 0.243 e. The molecule has 1 N–H and O–H groups in total. The summed E-state index contributed by atoms with van der Waals surface area (Å²) in [5.74, 6) is 1.64. The van der Waals surface area contributed by atoms with Crippen LogP contribution in [0.5, 0.6) is 0 Å². The summed E-state index contributed by atoms with van der Waals surface area (Å²) in [7, 11) is -3.82. The highest BCUT2D eigenvalue weighted by atomic mass is 32.2. The summed E-state index contributed by atoms with van der Waals surface area (Å²) in [5, 5.41) is 12.4. The summed E-state index contributed by atoms with van der Waals surface area (Å²) >= 11 is 0. The first-order valence-corrected chi connectivity index (χ1v) is 12.7. The van der Waals surface area contributed by atoms with Gasteiger partial charge in [-0.15, -0.1) is 0 Å². The van der Waals surface area contributed by atoms with Crippen LogP contribution < -0.4 is 5.32 Å². The van der Waals surface area contributed by atoms with E-state index in [0.29, 0.717) is 36.8 Å². The quantitative estimate of drug-likeness (QED) is 0.776. The van der Waals surface area contributed by atoms with E-state index in [1.165, 1.54) is 42.1 Å². The van der Waals surface area contributed by atoms with Gasteiger partial charge in [0.1, 0.15) is 6.04 Å². The van der Waals surface area contributed by atoms with Gasteiger partial charge in [0.05, 0.1) is 16.5 Å². The molecule has 0 aromatic heterocycles. The van der Waals surface area contributed by atoms with Crippen molar-refractivity contribution in [3.8, 4) is 6.07 Å². The Morgan fingerprint density at radius 2 is 2.07 bits per heavy atom. The lowest BCUT2D eigenvalue weighted by molar-refractivity contribution is -0.126. The van der Waals surface area contributed by atoms with Gasteiger partial charge in [0.25, 0.3) is 0 Å². The fourth-order valence-corrected chi connectivity index (χ4v) is 7.60. The number of rotatable bonds is 5. The molecule has 1 aliphatic heterocycles. The number of amides is 1. The van der Waals surface area contributed by atoms with Gasteiger partial charge >= 0.3 is 0 Å². The van der Waals surface area contributed by atoms with E-state index in [9.17, 15) is 13.2 Å². The third kappa shape index (κ3) is 4.00. The van der Waals surface area contributed by atoms with Gasteiger partial charge in [-0.3, -0.25) is 4.79 Å². The van der Waals surface area contributed by atoms with Crippen molar-refractivity contribution in [1.82, 2.24) is 9.62 Å². The highest BCUT2D eigenvalue weighted by Crippen LogP contribution is 2.44. The summed E-state index contributed by atoms with van der Waals surface area (Å²) < 4.78 is 27.8. The first kappa shape index (κ1) is 21.3. The Morgan fingerprint density at radius 1 is 1.23 bits per heavy atom. The average molecular weight is 430 g/mol. The number of nitriles is 1. The van der Waals surface area contributed by atoms with Crippen LogP contribution in [-0.2, 0) is 14.8 Å². The van der Waals surface area contributed by atoms with Crippen LogP contribution in [0.1, 0.15) is 63.9 Å². The number of hydrogen-bond donors (Lipinski definition) is 1. The Morgan fingerprint density at radius 3 is 2.83 bits per heavy atom. The second-order valence-corrected chi connectivity index (χ2v) is 11.0. The molecule has 162 valence electrons. The summed E-state index contributed by atoms with van der Waals surface area (Å²) in [6.45, 7) is 2.53. The Bertz CT molecular complexity index is 937. The smallest absolute Gasteiger partial charge is 0.243 e. The molecule has 4 rings (SSSR count). The molecule has 0 radical (unpaired) electrons. The van der Waals surface area contributed by atoms with Crippen molar-refractivity contribution < 1.29 is 13.2 Å². The molecule has 1 aromatic rings. The first-order valence-electron chi connectivity index (χ1n) is 11.3. The Kier molecular flexibility index (Phi) is 6.17. The van der Waals surface area contributed by atoms with Crippen LogP contribution in [0.15, 0.2) is 29.2 Å². The molecule has 1 amide bonds. The van der Waals surface area contributed by atoms with E-state index in [-0.39, 0.29) is 16.8 Å². The van der Waals surface area contributed by atoms with E-state index in [1.807, 2.05) is 6.07 Å². The van der Waals surface area contributed by atoms with Crippen molar-refractivity contribution in [3.63, 3.8) is 0 Å². The lowest BCUT2D eigenvalue weighted by atomic mass is 9.64. The molecule has 1 aromatic carbocycles. The average Bonchev–Trinajstić information content (AvgIpc) is 3.27. The zero-order chi connectivity index (χ0) is 21.3. The molecule has 2 aliphatic carbocycles. The number of fused-ring (bicyclic) bond motifs is 2. The van der Waals surface area contributed by atoms with Gasteiger partial charge in [-0.2, -0.15) is 9.57 Å². The molecule has 3 fully saturated rings. The standard InChI is InChI=1S/C23H31N3O3S/c1-2-18-12-16-6-3-8-19(13-16)22(18)25-23(27)21-10-5-11-26(21)30(28,29)20-9-4-7-17(14-20)15-24/h4,7,9,14,16,18-19,21-22H,2-3,5-6,8,10-13H2,1H3,(H,25,27)/t16?,18?,19?,21-,22?/m1/s1. The zero-order valence-electron chi connectivity index (χ0n) is 17.6. The van der Waals surface area contributed by atoms with E-state index >= 15 is 0 Å². The monoisotopic (exact) mass is 429 g/mol. The predicted octanol–water partition coefficient (Wildman–Crippen LogP) is 3.43. The summed E-state index contributed by atoms with van der Waals surface area (Å²) in [6.07, 6.45) is 8.32. The van der Waals surface area contributed by atoms with Crippen LogP contribution in [0, 0.1) is 29.1 Å². The summed E-state index contributed by atoms with van der Waals surface area (Å²) in [6, 6.07) is 7.52. The molecule has 3 aliphatic rings. The minimum atomic E-state index is -3.82. The Labute approximate surface area is 179 Å². The minimum Gasteiger partial charge on any atom is -0.351 e. The second-order valence-electron chi connectivity index (χ2n) is 9.14. The lowest BCUT2D eigenvalue weighted by Crippen LogP contribution is -2.55. The molecular weight excluding hydrogens is 398 g/mol. The minimum absolute atomic E-state index is 0.0838. The molecule has 1 saturated heterocycles. The summed E-state index contributed by atoms with van der Waals surface area (Å²) in [4.78, 5) is 13.4. The highest BCUT2D eigenvalue weighted by Gasteiger charge is 2.44. The van der Waals surface area contributed by atoms with Crippen molar-refractivity contribution in [2.75, 3.05) is 6.54 Å². The molecule has 2 bridgehead atoms. The van der Waals surface area contributed by atoms with Crippen LogP contribution in [0.4, 0.5) is 0 Å². The van der Waals surface area contributed by atoms with E-state index in [0.717, 1.165) is 18.8 Å². The number of nitrogens with one attached hydrogen (secondary N) is 1. The topological polar surface area (TPSA) is 90.3 Å². The number of hydrogen-bond acceptors (Lipinski definition) is 4. The third-order valence-corrected chi connectivity index (χ3v) is 9.29. The fraction of sp³-hybridized carbons (Fsp3) is 0.652. The fourth-order valence-electron chi connectivity index (χ4n) is 5.90. The molecule has 2 saturated carbocycles. The highest BCUT2D eigenvalue weighted by molar-refractivity contribution is 7.89. The van der Waals surface area contributed by atoms with E-state index < -0.39 is 16.1 Å². The van der Waals surface area contributed by atoms with Crippen molar-refractivity contribution in [2.45, 2.75) is 75.3 Å². The number of sulfonamides is 1. The van der Waals surface area contributed by atoms with Crippen molar-refractivity contribution in [1.29, 1.82) is 5.26 Å². The Balaban J connectivity index is 1.52. The van der Waals surface area contributed by atoms with Gasteiger partial charge in [0.2, 0.25) is 15.9 Å². The van der Waals surface area contributed by atoms with Gasteiger partial charge < -0.3 is 5.32 Å². The number of carbonyl (C=O) groups is 1. The largest absolute Gasteiger partial charge is 0.351 e. The van der Waals surface area contributed by atoms with Crippen LogP contribution in [-0.4, -0.2) is 37.3 Å². The Hall–Kier alpha value is -1.91. The number of carbonyl (C=O) groups excluding carboxylic acids is 1. The lowest BCUT2D eigenvalue weighted by Gasteiger charge is -2.46. The van der Waals surface area contributed by atoms with Gasteiger partial charge in [-0.05, 0) is 68.1 Å². The van der Waals surface area contributed by atoms with E-state index in [2.05, 4.69) is 12.2 Å². The number of nitrogens with zero attached hydrogens (tertiary/aromatic N) is 2. The van der Waals surface area contributed by atoms with E-state index in [4.69, 9.17) is 5.26 Å². The maximum absolute atomic E-state index is 13.3. The first-order chi connectivity index (χ1) is 14.4. The molecule has 7 heteroatoms. The number of benzene rings is 1. The maximum atomic E-state index is 13.3. The third-order valence-electron chi connectivity index (χ3n) is 7.38. The molecule has 0 spiro atoms. The van der Waals surface area contributed by atoms with Gasteiger partial charge in [-0.1, -0.05) is 32.3 Å².